The van der Waals surface area contributed by atoms with Crippen LogP contribution in [0.4, 0.5) is 0 Å². The molecule has 0 aliphatic heterocycles. The molecule has 0 fully saturated rings. The van der Waals surface area contributed by atoms with Gasteiger partial charge in [-0.05, 0) is 60.7 Å². The van der Waals surface area contributed by atoms with Crippen molar-refractivity contribution < 1.29 is 0 Å². The van der Waals surface area contributed by atoms with Crippen molar-refractivity contribution in [1.29, 1.82) is 10.5 Å². The molecule has 166 valence electrons. The quantitative estimate of drug-likeness (QED) is 0.267. The van der Waals surface area contributed by atoms with Crippen molar-refractivity contribution in [1.82, 2.24) is 9.13 Å². The van der Waals surface area contributed by atoms with Crippen LogP contribution < -0.4 is 0 Å². The summed E-state index contributed by atoms with van der Waals surface area (Å²) in [5.41, 5.74) is 7.65. The number of benzene rings is 5. The summed E-state index contributed by atoms with van der Waals surface area (Å²) in [6.07, 6.45) is 0. The summed E-state index contributed by atoms with van der Waals surface area (Å²) < 4.78 is 4.57. The van der Waals surface area contributed by atoms with Crippen molar-refractivity contribution in [3.63, 3.8) is 0 Å². The lowest BCUT2D eigenvalue weighted by molar-refractivity contribution is 1.09. The Hall–Kier alpha value is -5.32. The third kappa shape index (κ3) is 2.73. The molecule has 0 saturated carbocycles. The van der Waals surface area contributed by atoms with Gasteiger partial charge in [-0.3, -0.25) is 0 Å². The van der Waals surface area contributed by atoms with Crippen LogP contribution in [-0.4, -0.2) is 9.13 Å². The van der Waals surface area contributed by atoms with Crippen LogP contribution in [0, 0.1) is 22.7 Å². The molecule has 5 aromatic carbocycles. The first kappa shape index (κ1) is 20.1. The molecule has 0 aliphatic rings. The molecular formula is C32H18N4. The van der Waals surface area contributed by atoms with E-state index in [0.717, 1.165) is 55.0 Å². The lowest BCUT2D eigenvalue weighted by Gasteiger charge is -2.16. The Morgan fingerprint density at radius 1 is 0.417 bits per heavy atom. The summed E-state index contributed by atoms with van der Waals surface area (Å²) in [6, 6.07) is 41.4. The Balaban J connectivity index is 1.63. The topological polar surface area (TPSA) is 57.4 Å². The SMILES string of the molecule is N#Cc1ccc2c(c1)c1ccccc1n2-c1ccccc1-n1c2ccccc2c2cc(C#N)ccc21. The molecule has 2 heterocycles. The van der Waals surface area contributed by atoms with E-state index in [9.17, 15) is 10.5 Å². The highest BCUT2D eigenvalue weighted by Crippen LogP contribution is 2.38. The van der Waals surface area contributed by atoms with Crippen molar-refractivity contribution in [2.24, 2.45) is 0 Å². The molecule has 0 unspecified atom stereocenters. The van der Waals surface area contributed by atoms with E-state index in [2.05, 4.69) is 81.9 Å². The fourth-order valence-electron chi connectivity index (χ4n) is 5.45. The fourth-order valence-corrected chi connectivity index (χ4v) is 5.45. The minimum Gasteiger partial charge on any atom is -0.307 e. The Morgan fingerprint density at radius 3 is 1.25 bits per heavy atom. The summed E-state index contributed by atoms with van der Waals surface area (Å²) in [5.74, 6) is 0. The van der Waals surface area contributed by atoms with Gasteiger partial charge in [0, 0.05) is 21.5 Å². The van der Waals surface area contributed by atoms with Crippen LogP contribution in [-0.2, 0) is 0 Å². The molecule has 0 amide bonds. The van der Waals surface area contributed by atoms with Crippen LogP contribution in [0.5, 0.6) is 0 Å². The molecule has 0 bridgehead atoms. The Morgan fingerprint density at radius 2 is 0.806 bits per heavy atom. The van der Waals surface area contributed by atoms with Crippen molar-refractivity contribution >= 4 is 43.6 Å². The van der Waals surface area contributed by atoms with Gasteiger partial charge >= 0.3 is 0 Å². The van der Waals surface area contributed by atoms with E-state index in [-0.39, 0.29) is 0 Å². The van der Waals surface area contributed by atoms with Gasteiger partial charge in [-0.15, -0.1) is 0 Å². The van der Waals surface area contributed by atoms with Crippen LogP contribution in [0.15, 0.2) is 109 Å². The summed E-state index contributed by atoms with van der Waals surface area (Å²) in [6.45, 7) is 0. The molecule has 0 saturated heterocycles. The van der Waals surface area contributed by atoms with Gasteiger partial charge in [0.05, 0.1) is 56.7 Å². The van der Waals surface area contributed by atoms with Crippen molar-refractivity contribution in [2.75, 3.05) is 0 Å². The Bertz CT molecular complexity index is 1930. The van der Waals surface area contributed by atoms with E-state index >= 15 is 0 Å². The molecule has 0 atom stereocenters. The van der Waals surface area contributed by atoms with Gasteiger partial charge in [-0.1, -0.05) is 48.5 Å². The van der Waals surface area contributed by atoms with E-state index in [1.165, 1.54) is 0 Å². The highest BCUT2D eigenvalue weighted by atomic mass is 15.1. The van der Waals surface area contributed by atoms with Crippen molar-refractivity contribution in [3.05, 3.63) is 120 Å². The average molecular weight is 459 g/mol. The van der Waals surface area contributed by atoms with Gasteiger partial charge in [-0.25, -0.2) is 0 Å². The van der Waals surface area contributed by atoms with Gasteiger partial charge in [0.15, 0.2) is 0 Å². The number of rotatable bonds is 2. The molecule has 36 heavy (non-hydrogen) atoms. The van der Waals surface area contributed by atoms with Gasteiger partial charge in [0.25, 0.3) is 0 Å². The molecule has 4 nitrogen and oxygen atoms in total. The number of nitrogens with zero attached hydrogens (tertiary/aromatic N) is 4. The van der Waals surface area contributed by atoms with Gasteiger partial charge in [-0.2, -0.15) is 10.5 Å². The second-order valence-corrected chi connectivity index (χ2v) is 8.88. The van der Waals surface area contributed by atoms with Crippen molar-refractivity contribution in [3.8, 4) is 23.5 Å². The van der Waals surface area contributed by atoms with E-state index < -0.39 is 0 Å². The van der Waals surface area contributed by atoms with E-state index in [0.29, 0.717) is 11.1 Å². The van der Waals surface area contributed by atoms with Crippen LogP contribution in [0.3, 0.4) is 0 Å². The molecule has 0 radical (unpaired) electrons. The first-order valence-corrected chi connectivity index (χ1v) is 11.7. The summed E-state index contributed by atoms with van der Waals surface area (Å²) in [4.78, 5) is 0. The monoisotopic (exact) mass is 458 g/mol. The lowest BCUT2D eigenvalue weighted by Crippen LogP contribution is -2.03. The van der Waals surface area contributed by atoms with Crippen molar-refractivity contribution in [2.45, 2.75) is 0 Å². The maximum atomic E-state index is 9.52. The van der Waals surface area contributed by atoms with Gasteiger partial charge in [0.2, 0.25) is 0 Å². The van der Waals surface area contributed by atoms with E-state index in [1.807, 2.05) is 48.5 Å². The first-order valence-electron chi connectivity index (χ1n) is 11.7. The molecule has 0 spiro atoms. The van der Waals surface area contributed by atoms with Crippen LogP contribution >= 0.6 is 0 Å². The second-order valence-electron chi connectivity index (χ2n) is 8.88. The number of aromatic nitrogens is 2. The van der Waals surface area contributed by atoms with Gasteiger partial charge in [0.1, 0.15) is 0 Å². The largest absolute Gasteiger partial charge is 0.307 e. The third-order valence-corrected chi connectivity index (χ3v) is 6.97. The molecule has 0 N–H and O–H groups in total. The molecule has 7 rings (SSSR count). The predicted molar refractivity (Wildman–Crippen MR) is 145 cm³/mol. The second kappa shape index (κ2) is 7.60. The number of nitriles is 2. The summed E-state index contributed by atoms with van der Waals surface area (Å²) in [5, 5.41) is 23.4. The Labute approximate surface area is 207 Å². The van der Waals surface area contributed by atoms with E-state index in [4.69, 9.17) is 0 Å². The molecule has 0 aliphatic carbocycles. The highest BCUT2D eigenvalue weighted by Gasteiger charge is 2.19. The normalized spacial score (nSPS) is 11.3. The molecular weight excluding hydrogens is 440 g/mol. The molecule has 2 aromatic heterocycles. The lowest BCUT2D eigenvalue weighted by atomic mass is 10.1. The zero-order chi connectivity index (χ0) is 24.2. The Kier molecular flexibility index (Phi) is 4.24. The average Bonchev–Trinajstić information content (AvgIpc) is 3.45. The third-order valence-electron chi connectivity index (χ3n) is 6.97. The zero-order valence-corrected chi connectivity index (χ0v) is 19.2. The molecule has 4 heteroatoms. The number of hydrogen-bond donors (Lipinski definition) is 0. The maximum absolute atomic E-state index is 9.52. The van der Waals surface area contributed by atoms with Crippen LogP contribution in [0.25, 0.3) is 55.0 Å². The minimum atomic E-state index is 0.648. The standard InChI is InChI=1S/C32H18N4/c33-19-21-13-15-29-25(17-21)23-7-1-3-9-27(23)35(29)31-11-5-6-12-32(31)36-28-10-4-2-8-24(28)26-18-22(20-34)14-16-30(26)36/h1-18H. The fraction of sp³-hybridized carbons (Fsp3) is 0. The summed E-state index contributed by atoms with van der Waals surface area (Å²) >= 11 is 0. The number of fused-ring (bicyclic) bond motifs is 6. The molecule has 7 aromatic rings. The van der Waals surface area contributed by atoms with Crippen LogP contribution in [0.1, 0.15) is 11.1 Å². The van der Waals surface area contributed by atoms with Gasteiger partial charge < -0.3 is 9.13 Å². The highest BCUT2D eigenvalue weighted by molar-refractivity contribution is 6.11. The van der Waals surface area contributed by atoms with Crippen LogP contribution in [0.2, 0.25) is 0 Å². The van der Waals surface area contributed by atoms with E-state index in [1.54, 1.807) is 0 Å². The smallest absolute Gasteiger partial charge is 0.0991 e. The first-order chi connectivity index (χ1) is 17.8. The maximum Gasteiger partial charge on any atom is 0.0991 e. The predicted octanol–water partition coefficient (Wildman–Crippen LogP) is 7.62. The zero-order valence-electron chi connectivity index (χ0n) is 19.2. The number of para-hydroxylation sites is 4. The minimum absolute atomic E-state index is 0.648. The summed E-state index contributed by atoms with van der Waals surface area (Å²) in [7, 11) is 0. The number of hydrogen-bond acceptors (Lipinski definition) is 2.